The highest BCUT2D eigenvalue weighted by Gasteiger charge is 2.12. The Bertz CT molecular complexity index is 1530. The molecule has 0 unspecified atom stereocenters. The number of nitrogens with zero attached hydrogens (tertiary/aromatic N) is 4. The van der Waals surface area contributed by atoms with Crippen LogP contribution in [0.1, 0.15) is 12.6 Å². The van der Waals surface area contributed by atoms with Crippen molar-refractivity contribution < 1.29 is 9.53 Å². The normalized spacial score (nSPS) is 10.9. The number of aromatic nitrogens is 4. The van der Waals surface area contributed by atoms with E-state index in [0.717, 1.165) is 27.8 Å². The Hall–Kier alpha value is -4.23. The van der Waals surface area contributed by atoms with Crippen LogP contribution < -0.4 is 10.1 Å². The predicted octanol–water partition coefficient (Wildman–Crippen LogP) is 6.35. The van der Waals surface area contributed by atoms with E-state index in [4.69, 9.17) is 21.3 Å². The molecular weight excluding hydrogens is 462 g/mol. The number of benzene rings is 2. The number of hydrogen-bond donors (Lipinski definition) is 1. The fraction of sp³-hybridized carbons (Fsp3) is 0.111. The Morgan fingerprint density at radius 3 is 2.60 bits per heavy atom. The summed E-state index contributed by atoms with van der Waals surface area (Å²) in [6.07, 6.45) is 5.40. The maximum atomic E-state index is 11.4. The molecular formula is C27H22ClN5O2. The average Bonchev–Trinajstić information content (AvgIpc) is 3.15. The van der Waals surface area contributed by atoms with Gasteiger partial charge in [-0.3, -0.25) is 14.8 Å². The van der Waals surface area contributed by atoms with Crippen LogP contribution in [0.5, 0.6) is 11.5 Å². The minimum Gasteiger partial charge on any atom is -0.457 e. The van der Waals surface area contributed by atoms with Crippen LogP contribution in [0.3, 0.4) is 0 Å². The van der Waals surface area contributed by atoms with Gasteiger partial charge in [-0.15, -0.1) is 0 Å². The van der Waals surface area contributed by atoms with Crippen molar-refractivity contribution in [2.75, 3.05) is 5.32 Å². The molecule has 0 radical (unpaired) electrons. The molecule has 3 heterocycles. The number of aryl methyl sites for hydroxylation is 1. The number of hydrogen-bond acceptors (Lipinski definition) is 6. The highest BCUT2D eigenvalue weighted by atomic mass is 35.5. The van der Waals surface area contributed by atoms with Crippen LogP contribution >= 0.6 is 11.6 Å². The molecule has 0 saturated carbocycles. The van der Waals surface area contributed by atoms with Gasteiger partial charge in [0.1, 0.15) is 17.3 Å². The molecule has 5 rings (SSSR count). The molecule has 1 N–H and O–H groups in total. The Balaban J connectivity index is 1.40. The highest BCUT2D eigenvalue weighted by molar-refractivity contribution is 6.33. The van der Waals surface area contributed by atoms with Crippen molar-refractivity contribution in [1.29, 1.82) is 0 Å². The molecule has 2 aromatic carbocycles. The molecule has 0 bridgehead atoms. The first-order chi connectivity index (χ1) is 17.0. The number of ketones is 1. The van der Waals surface area contributed by atoms with Crippen LogP contribution in [0.4, 0.5) is 11.6 Å². The van der Waals surface area contributed by atoms with Crippen LogP contribution in [-0.4, -0.2) is 25.3 Å². The van der Waals surface area contributed by atoms with Gasteiger partial charge in [-0.25, -0.2) is 4.98 Å². The standard InChI is InChI=1S/C27H22ClN5O2/c1-17(34)13-20-14-22(9-12-30-20)35-21-4-6-26-25(16-21)32-27(33(26)2)31-19-3-5-24(28)23(15-19)18-7-10-29-11-8-18/h3-12,14-16H,13H2,1-2H3,(H,31,32). The van der Waals surface area contributed by atoms with Crippen LogP contribution in [0, 0.1) is 0 Å². The van der Waals surface area contributed by atoms with Crippen molar-refractivity contribution in [3.63, 3.8) is 0 Å². The van der Waals surface area contributed by atoms with Crippen molar-refractivity contribution in [1.82, 2.24) is 19.5 Å². The number of imidazole rings is 1. The van der Waals surface area contributed by atoms with Gasteiger partial charge >= 0.3 is 0 Å². The van der Waals surface area contributed by atoms with Gasteiger partial charge in [0.25, 0.3) is 0 Å². The largest absolute Gasteiger partial charge is 0.457 e. The summed E-state index contributed by atoms with van der Waals surface area (Å²) in [5, 5.41) is 4.05. The predicted molar refractivity (Wildman–Crippen MR) is 137 cm³/mol. The number of fused-ring (bicyclic) bond motifs is 1. The number of anilines is 2. The van der Waals surface area contributed by atoms with Crippen molar-refractivity contribution in [2.24, 2.45) is 7.05 Å². The molecule has 0 spiro atoms. The fourth-order valence-corrected chi connectivity index (χ4v) is 4.07. The quantitative estimate of drug-likeness (QED) is 0.290. The number of carbonyl (C=O) groups is 1. The molecule has 174 valence electrons. The first kappa shape index (κ1) is 22.6. The van der Waals surface area contributed by atoms with E-state index < -0.39 is 0 Å². The fourth-order valence-electron chi connectivity index (χ4n) is 3.85. The minimum absolute atomic E-state index is 0.0539. The molecule has 0 aliphatic carbocycles. The summed E-state index contributed by atoms with van der Waals surface area (Å²) in [7, 11) is 1.95. The van der Waals surface area contributed by atoms with E-state index in [2.05, 4.69) is 15.3 Å². The molecule has 5 aromatic rings. The smallest absolute Gasteiger partial charge is 0.208 e. The summed E-state index contributed by atoms with van der Waals surface area (Å²) in [5.74, 6) is 2.01. The zero-order valence-electron chi connectivity index (χ0n) is 19.2. The van der Waals surface area contributed by atoms with E-state index in [0.29, 0.717) is 28.2 Å². The van der Waals surface area contributed by atoms with Gasteiger partial charge < -0.3 is 14.6 Å². The number of pyridine rings is 2. The molecule has 0 amide bonds. The first-order valence-corrected chi connectivity index (χ1v) is 11.4. The maximum Gasteiger partial charge on any atom is 0.208 e. The van der Waals surface area contributed by atoms with Crippen molar-refractivity contribution in [3.8, 4) is 22.6 Å². The van der Waals surface area contributed by atoms with Crippen molar-refractivity contribution >= 4 is 40.1 Å². The summed E-state index contributed by atoms with van der Waals surface area (Å²) in [5.41, 5.74) is 5.18. The van der Waals surface area contributed by atoms with Gasteiger partial charge in [0.05, 0.1) is 16.7 Å². The van der Waals surface area contributed by atoms with Gasteiger partial charge in [-0.1, -0.05) is 11.6 Å². The monoisotopic (exact) mass is 483 g/mol. The average molecular weight is 484 g/mol. The van der Waals surface area contributed by atoms with Gasteiger partial charge in [-0.05, 0) is 61.0 Å². The number of rotatable bonds is 7. The lowest BCUT2D eigenvalue weighted by Gasteiger charge is -2.10. The van der Waals surface area contributed by atoms with Crippen LogP contribution in [0.2, 0.25) is 5.02 Å². The van der Waals surface area contributed by atoms with Crippen molar-refractivity contribution in [3.05, 3.63) is 90.0 Å². The Labute approximate surface area is 207 Å². The maximum absolute atomic E-state index is 11.4. The van der Waals surface area contributed by atoms with E-state index in [1.807, 2.05) is 60.1 Å². The zero-order chi connectivity index (χ0) is 24.4. The number of carbonyl (C=O) groups excluding carboxylic acids is 1. The molecule has 3 aromatic heterocycles. The molecule has 0 aliphatic heterocycles. The molecule has 0 saturated heterocycles. The van der Waals surface area contributed by atoms with Gasteiger partial charge in [-0.2, -0.15) is 0 Å². The van der Waals surface area contributed by atoms with E-state index in [1.54, 1.807) is 37.6 Å². The lowest BCUT2D eigenvalue weighted by molar-refractivity contribution is -0.116. The zero-order valence-corrected chi connectivity index (χ0v) is 20.0. The molecule has 35 heavy (non-hydrogen) atoms. The second kappa shape index (κ2) is 9.56. The number of Topliss-reactive ketones (excluding diaryl/α,β-unsaturated/α-hetero) is 1. The third-order valence-electron chi connectivity index (χ3n) is 5.52. The van der Waals surface area contributed by atoms with Crippen LogP contribution in [0.15, 0.2) is 79.3 Å². The molecule has 0 fully saturated rings. The van der Waals surface area contributed by atoms with E-state index in [1.165, 1.54) is 0 Å². The van der Waals surface area contributed by atoms with E-state index >= 15 is 0 Å². The van der Waals surface area contributed by atoms with Crippen LogP contribution in [-0.2, 0) is 18.3 Å². The summed E-state index contributed by atoms with van der Waals surface area (Å²) >= 11 is 6.44. The minimum atomic E-state index is 0.0539. The van der Waals surface area contributed by atoms with Crippen molar-refractivity contribution in [2.45, 2.75) is 13.3 Å². The molecule has 0 atom stereocenters. The summed E-state index contributed by atoms with van der Waals surface area (Å²) in [6.45, 7) is 1.54. The number of nitrogens with one attached hydrogen (secondary N) is 1. The van der Waals surface area contributed by atoms with Gasteiger partial charge in [0.2, 0.25) is 5.95 Å². The topological polar surface area (TPSA) is 81.9 Å². The Kier molecular flexibility index (Phi) is 6.16. The summed E-state index contributed by atoms with van der Waals surface area (Å²) in [4.78, 5) is 24.5. The lowest BCUT2D eigenvalue weighted by Crippen LogP contribution is -1.99. The third kappa shape index (κ3) is 5.00. The number of ether oxygens (including phenoxy) is 1. The second-order valence-electron chi connectivity index (χ2n) is 8.16. The second-order valence-corrected chi connectivity index (χ2v) is 8.57. The van der Waals surface area contributed by atoms with Gasteiger partial charge in [0.15, 0.2) is 0 Å². The summed E-state index contributed by atoms with van der Waals surface area (Å²) < 4.78 is 8.00. The first-order valence-electron chi connectivity index (χ1n) is 11.0. The Morgan fingerprint density at radius 2 is 1.80 bits per heavy atom. The molecule has 0 aliphatic rings. The SMILES string of the molecule is CC(=O)Cc1cc(Oc2ccc3c(c2)nc(Nc2ccc(Cl)c(-c4ccncc4)c2)n3C)ccn1. The van der Waals surface area contributed by atoms with E-state index in [9.17, 15) is 4.79 Å². The molecule has 7 nitrogen and oxygen atoms in total. The summed E-state index contributed by atoms with van der Waals surface area (Å²) in [6, 6.07) is 18.9. The van der Waals surface area contributed by atoms with E-state index in [-0.39, 0.29) is 12.2 Å². The molecule has 8 heteroatoms. The third-order valence-corrected chi connectivity index (χ3v) is 5.85. The Morgan fingerprint density at radius 1 is 1.00 bits per heavy atom. The number of halogens is 1. The highest BCUT2D eigenvalue weighted by Crippen LogP contribution is 2.32. The van der Waals surface area contributed by atoms with Gasteiger partial charge in [0, 0.05) is 60.5 Å². The lowest BCUT2D eigenvalue weighted by atomic mass is 10.1. The van der Waals surface area contributed by atoms with Crippen LogP contribution in [0.25, 0.3) is 22.2 Å².